The van der Waals surface area contributed by atoms with Crippen molar-refractivity contribution in [3.63, 3.8) is 0 Å². The third kappa shape index (κ3) is 3.06. The molecule has 3 N–H and O–H groups in total. The molecule has 0 amide bonds. The molecule has 2 rings (SSSR count). The van der Waals surface area contributed by atoms with Gasteiger partial charge < -0.3 is 11.1 Å². The number of nitrogens with one attached hydrogen (secondary N) is 1. The lowest BCUT2D eigenvalue weighted by molar-refractivity contribution is 0.322. The fourth-order valence-corrected chi connectivity index (χ4v) is 3.57. The van der Waals surface area contributed by atoms with E-state index < -0.39 is 0 Å². The van der Waals surface area contributed by atoms with Gasteiger partial charge in [-0.15, -0.1) is 0 Å². The Morgan fingerprint density at radius 2 is 1.69 bits per heavy atom. The van der Waals surface area contributed by atoms with Crippen LogP contribution in [0.2, 0.25) is 0 Å². The van der Waals surface area contributed by atoms with Crippen LogP contribution in [0, 0.1) is 5.92 Å². The van der Waals surface area contributed by atoms with Crippen LogP contribution < -0.4 is 11.1 Å². The standard InChI is InChI=1S/C12H16Br2N2/c13-10-5-9(6-11(14)7-10)12(15)8-1-3-16-4-2-8/h5-8,12,16H,1-4,15H2/t12-/m1/s1. The summed E-state index contributed by atoms with van der Waals surface area (Å²) < 4.78 is 2.17. The average Bonchev–Trinajstić information content (AvgIpc) is 2.28. The minimum Gasteiger partial charge on any atom is -0.324 e. The van der Waals surface area contributed by atoms with E-state index in [4.69, 9.17) is 5.73 Å². The Morgan fingerprint density at radius 3 is 2.25 bits per heavy atom. The van der Waals surface area contributed by atoms with Crippen LogP contribution in [-0.4, -0.2) is 13.1 Å². The Kier molecular flexibility index (Phi) is 4.41. The van der Waals surface area contributed by atoms with Gasteiger partial charge in [-0.1, -0.05) is 31.9 Å². The van der Waals surface area contributed by atoms with Gasteiger partial charge in [-0.3, -0.25) is 0 Å². The Bertz CT molecular complexity index is 342. The van der Waals surface area contributed by atoms with Gasteiger partial charge >= 0.3 is 0 Å². The molecular weight excluding hydrogens is 332 g/mol. The summed E-state index contributed by atoms with van der Waals surface area (Å²) in [6.07, 6.45) is 2.34. The number of rotatable bonds is 2. The van der Waals surface area contributed by atoms with Crippen LogP contribution in [0.5, 0.6) is 0 Å². The van der Waals surface area contributed by atoms with E-state index in [0.717, 1.165) is 22.0 Å². The van der Waals surface area contributed by atoms with E-state index in [-0.39, 0.29) is 6.04 Å². The third-order valence-corrected chi connectivity index (χ3v) is 4.08. The Morgan fingerprint density at radius 1 is 1.12 bits per heavy atom. The molecule has 4 heteroatoms. The highest BCUT2D eigenvalue weighted by molar-refractivity contribution is 9.11. The van der Waals surface area contributed by atoms with Crippen molar-refractivity contribution in [3.8, 4) is 0 Å². The molecule has 1 aromatic rings. The number of piperidine rings is 1. The second kappa shape index (κ2) is 5.63. The first kappa shape index (κ1) is 12.6. The maximum absolute atomic E-state index is 6.34. The topological polar surface area (TPSA) is 38.0 Å². The van der Waals surface area contributed by atoms with E-state index in [0.29, 0.717) is 5.92 Å². The minimum atomic E-state index is 0.149. The number of hydrogen-bond acceptors (Lipinski definition) is 2. The SMILES string of the molecule is N[C@@H](c1cc(Br)cc(Br)c1)C1CCNCC1. The molecule has 0 bridgehead atoms. The van der Waals surface area contributed by atoms with Crippen LogP contribution in [0.3, 0.4) is 0 Å². The van der Waals surface area contributed by atoms with Gasteiger partial charge in [-0.05, 0) is 55.6 Å². The predicted octanol–water partition coefficient (Wildman–Crippen LogP) is 3.21. The smallest absolute Gasteiger partial charge is 0.0325 e. The van der Waals surface area contributed by atoms with Crippen molar-refractivity contribution in [1.82, 2.24) is 5.32 Å². The molecule has 0 spiro atoms. The maximum Gasteiger partial charge on any atom is 0.0325 e. The zero-order chi connectivity index (χ0) is 11.5. The van der Waals surface area contributed by atoms with Gasteiger partial charge in [0.2, 0.25) is 0 Å². The zero-order valence-corrected chi connectivity index (χ0v) is 12.2. The molecule has 1 aromatic carbocycles. The Hall–Kier alpha value is 0.1000. The molecule has 1 aliphatic rings. The molecule has 0 aliphatic carbocycles. The van der Waals surface area contributed by atoms with Crippen LogP contribution in [0.25, 0.3) is 0 Å². The van der Waals surface area contributed by atoms with Crippen molar-refractivity contribution < 1.29 is 0 Å². The lowest BCUT2D eigenvalue weighted by Gasteiger charge is -2.28. The highest BCUT2D eigenvalue weighted by Crippen LogP contribution is 2.30. The molecule has 88 valence electrons. The van der Waals surface area contributed by atoms with E-state index >= 15 is 0 Å². The minimum absolute atomic E-state index is 0.149. The second-order valence-electron chi connectivity index (χ2n) is 4.32. The fraction of sp³-hybridized carbons (Fsp3) is 0.500. The summed E-state index contributed by atoms with van der Waals surface area (Å²) in [5.41, 5.74) is 7.55. The zero-order valence-electron chi connectivity index (χ0n) is 9.05. The summed E-state index contributed by atoms with van der Waals surface area (Å²) in [6, 6.07) is 6.43. The van der Waals surface area contributed by atoms with E-state index in [1.54, 1.807) is 0 Å². The lowest BCUT2D eigenvalue weighted by Crippen LogP contribution is -2.33. The molecule has 0 radical (unpaired) electrons. The van der Waals surface area contributed by atoms with E-state index in [2.05, 4.69) is 49.3 Å². The largest absolute Gasteiger partial charge is 0.324 e. The summed E-state index contributed by atoms with van der Waals surface area (Å²) in [5, 5.41) is 3.37. The number of halogens is 2. The normalized spacial score (nSPS) is 19.7. The summed E-state index contributed by atoms with van der Waals surface area (Å²) >= 11 is 7.01. The van der Waals surface area contributed by atoms with Gasteiger partial charge in [0.15, 0.2) is 0 Å². The van der Waals surface area contributed by atoms with Crippen molar-refractivity contribution in [3.05, 3.63) is 32.7 Å². The van der Waals surface area contributed by atoms with Gasteiger partial charge in [-0.25, -0.2) is 0 Å². The summed E-state index contributed by atoms with van der Waals surface area (Å²) in [7, 11) is 0. The molecule has 1 heterocycles. The van der Waals surface area contributed by atoms with Crippen molar-refractivity contribution in [2.24, 2.45) is 11.7 Å². The Balaban J connectivity index is 2.15. The van der Waals surface area contributed by atoms with E-state index in [9.17, 15) is 0 Å². The third-order valence-electron chi connectivity index (χ3n) is 3.16. The summed E-state index contributed by atoms with van der Waals surface area (Å²) in [6.45, 7) is 2.18. The molecule has 0 unspecified atom stereocenters. The first-order valence-electron chi connectivity index (χ1n) is 5.59. The van der Waals surface area contributed by atoms with Crippen molar-refractivity contribution in [2.75, 3.05) is 13.1 Å². The van der Waals surface area contributed by atoms with Crippen molar-refractivity contribution in [2.45, 2.75) is 18.9 Å². The first-order valence-corrected chi connectivity index (χ1v) is 7.17. The van der Waals surface area contributed by atoms with Gasteiger partial charge in [0.1, 0.15) is 0 Å². The number of benzene rings is 1. The predicted molar refractivity (Wildman–Crippen MR) is 74.4 cm³/mol. The molecular formula is C12H16Br2N2. The quantitative estimate of drug-likeness (QED) is 0.862. The van der Waals surface area contributed by atoms with Crippen LogP contribution in [-0.2, 0) is 0 Å². The van der Waals surface area contributed by atoms with Crippen molar-refractivity contribution >= 4 is 31.9 Å². The van der Waals surface area contributed by atoms with E-state index in [1.165, 1.54) is 18.4 Å². The van der Waals surface area contributed by atoms with Crippen LogP contribution in [0.1, 0.15) is 24.4 Å². The summed E-state index contributed by atoms with van der Waals surface area (Å²) in [4.78, 5) is 0. The van der Waals surface area contributed by atoms with E-state index in [1.807, 2.05) is 6.07 Å². The van der Waals surface area contributed by atoms with Crippen LogP contribution in [0.4, 0.5) is 0 Å². The molecule has 2 nitrogen and oxygen atoms in total. The van der Waals surface area contributed by atoms with Crippen LogP contribution in [0.15, 0.2) is 27.1 Å². The molecule has 0 aromatic heterocycles. The Labute approximate surface area is 113 Å². The highest BCUT2D eigenvalue weighted by Gasteiger charge is 2.21. The molecule has 1 aliphatic heterocycles. The van der Waals surface area contributed by atoms with Gasteiger partial charge in [-0.2, -0.15) is 0 Å². The van der Waals surface area contributed by atoms with Gasteiger partial charge in [0, 0.05) is 15.0 Å². The molecule has 0 saturated carbocycles. The second-order valence-corrected chi connectivity index (χ2v) is 6.15. The maximum atomic E-state index is 6.34. The molecule has 16 heavy (non-hydrogen) atoms. The first-order chi connectivity index (χ1) is 7.66. The van der Waals surface area contributed by atoms with Gasteiger partial charge in [0.25, 0.3) is 0 Å². The van der Waals surface area contributed by atoms with Crippen molar-refractivity contribution in [1.29, 1.82) is 0 Å². The lowest BCUT2D eigenvalue weighted by atomic mass is 9.87. The monoisotopic (exact) mass is 346 g/mol. The number of hydrogen-bond donors (Lipinski definition) is 2. The van der Waals surface area contributed by atoms with Gasteiger partial charge in [0.05, 0.1) is 0 Å². The molecule has 1 saturated heterocycles. The van der Waals surface area contributed by atoms with Crippen LogP contribution >= 0.6 is 31.9 Å². The highest BCUT2D eigenvalue weighted by atomic mass is 79.9. The molecule has 1 fully saturated rings. The fourth-order valence-electron chi connectivity index (χ4n) is 2.24. The number of nitrogens with two attached hydrogens (primary N) is 1. The molecule has 1 atom stereocenters. The average molecular weight is 348 g/mol. The summed E-state index contributed by atoms with van der Waals surface area (Å²) in [5.74, 6) is 0.599.